The first-order chi connectivity index (χ1) is 7.99. The Morgan fingerprint density at radius 2 is 1.94 bits per heavy atom. The van der Waals surface area contributed by atoms with Gasteiger partial charge in [0.2, 0.25) is 0 Å². The van der Waals surface area contributed by atoms with E-state index in [1.54, 1.807) is 0 Å². The van der Waals surface area contributed by atoms with Gasteiger partial charge in [-0.05, 0) is 37.1 Å². The Morgan fingerprint density at radius 1 is 1.35 bits per heavy atom. The molecule has 0 spiro atoms. The maximum atomic E-state index is 10.8. The van der Waals surface area contributed by atoms with Crippen LogP contribution in [-0.2, 0) is 0 Å². The third-order valence-electron chi connectivity index (χ3n) is 2.52. The number of imidazole rings is 1. The molecule has 2 aromatic rings. The highest BCUT2D eigenvalue weighted by Crippen LogP contribution is 2.26. The van der Waals surface area contributed by atoms with Gasteiger partial charge in [0.05, 0.1) is 6.20 Å². The minimum atomic E-state index is -1.01. The maximum Gasteiger partial charge on any atom is 0.353 e. The molecule has 0 aliphatic rings. The number of hydrogen-bond acceptors (Lipinski definition) is 2. The number of nitrogens with one attached hydrogen (secondary N) is 1. The van der Waals surface area contributed by atoms with Crippen molar-refractivity contribution in [3.8, 4) is 11.4 Å². The van der Waals surface area contributed by atoms with Gasteiger partial charge >= 0.3 is 5.97 Å². The van der Waals surface area contributed by atoms with Crippen molar-refractivity contribution in [2.45, 2.75) is 13.8 Å². The van der Waals surface area contributed by atoms with Crippen molar-refractivity contribution in [3.05, 3.63) is 39.6 Å². The lowest BCUT2D eigenvalue weighted by Crippen LogP contribution is -1.95. The fourth-order valence-corrected chi connectivity index (χ4v) is 1.89. The van der Waals surface area contributed by atoms with Gasteiger partial charge < -0.3 is 10.1 Å². The first kappa shape index (κ1) is 11.9. The van der Waals surface area contributed by atoms with Gasteiger partial charge in [0, 0.05) is 10.0 Å². The number of aromatic amines is 1. The molecule has 0 aliphatic heterocycles. The number of rotatable bonds is 2. The first-order valence-electron chi connectivity index (χ1n) is 5.04. The number of benzene rings is 1. The molecule has 5 heteroatoms. The van der Waals surface area contributed by atoms with E-state index in [0.717, 1.165) is 21.2 Å². The predicted octanol–water partition coefficient (Wildman–Crippen LogP) is 3.15. The Morgan fingerprint density at radius 3 is 2.41 bits per heavy atom. The third-order valence-corrected chi connectivity index (χ3v) is 3.77. The molecule has 0 saturated carbocycles. The second kappa shape index (κ2) is 4.33. The molecule has 2 rings (SSSR count). The second-order valence-electron chi connectivity index (χ2n) is 3.87. The molecule has 4 nitrogen and oxygen atoms in total. The number of carbonyl (C=O) groups is 1. The monoisotopic (exact) mass is 294 g/mol. The smallest absolute Gasteiger partial charge is 0.353 e. The molecule has 2 N–H and O–H groups in total. The van der Waals surface area contributed by atoms with Gasteiger partial charge in [-0.15, -0.1) is 0 Å². The average Bonchev–Trinajstić information content (AvgIpc) is 2.74. The van der Waals surface area contributed by atoms with Gasteiger partial charge in [-0.1, -0.05) is 15.9 Å². The molecular formula is C12H11BrN2O2. The Labute approximate surface area is 107 Å². The first-order valence-corrected chi connectivity index (χ1v) is 5.83. The van der Waals surface area contributed by atoms with E-state index >= 15 is 0 Å². The SMILES string of the molecule is Cc1cc(-c2ncc(C(=O)O)[nH]2)cc(C)c1Br. The van der Waals surface area contributed by atoms with Crippen molar-refractivity contribution in [3.63, 3.8) is 0 Å². The summed E-state index contributed by atoms with van der Waals surface area (Å²) in [4.78, 5) is 17.6. The second-order valence-corrected chi connectivity index (χ2v) is 4.67. The third kappa shape index (κ3) is 2.24. The number of carboxylic acid groups (broad SMARTS) is 1. The fraction of sp³-hybridized carbons (Fsp3) is 0.167. The van der Waals surface area contributed by atoms with Crippen LogP contribution in [0.5, 0.6) is 0 Å². The Kier molecular flexibility index (Phi) is 3.02. The quantitative estimate of drug-likeness (QED) is 0.894. The van der Waals surface area contributed by atoms with Crippen molar-refractivity contribution in [2.75, 3.05) is 0 Å². The number of aromatic nitrogens is 2. The van der Waals surface area contributed by atoms with E-state index in [4.69, 9.17) is 5.11 Å². The van der Waals surface area contributed by atoms with Crippen LogP contribution in [0.2, 0.25) is 0 Å². The molecule has 0 bridgehead atoms. The summed E-state index contributed by atoms with van der Waals surface area (Å²) in [5.74, 6) is -0.435. The van der Waals surface area contributed by atoms with Crippen molar-refractivity contribution < 1.29 is 9.90 Å². The zero-order chi connectivity index (χ0) is 12.6. The molecule has 0 amide bonds. The minimum Gasteiger partial charge on any atom is -0.477 e. The molecule has 0 saturated heterocycles. The van der Waals surface area contributed by atoms with Crippen molar-refractivity contribution in [1.82, 2.24) is 9.97 Å². The summed E-state index contributed by atoms with van der Waals surface area (Å²) in [7, 11) is 0. The van der Waals surface area contributed by atoms with Gasteiger partial charge in [-0.3, -0.25) is 0 Å². The molecule has 0 radical (unpaired) electrons. The summed E-state index contributed by atoms with van der Waals surface area (Å²) in [6.07, 6.45) is 1.32. The lowest BCUT2D eigenvalue weighted by atomic mass is 10.1. The fourth-order valence-electron chi connectivity index (χ4n) is 1.66. The largest absolute Gasteiger partial charge is 0.477 e. The number of aromatic carboxylic acids is 1. The Balaban J connectivity index is 2.49. The summed E-state index contributed by atoms with van der Waals surface area (Å²) < 4.78 is 1.06. The molecule has 1 aromatic heterocycles. The molecule has 0 atom stereocenters. The number of carboxylic acids is 1. The van der Waals surface area contributed by atoms with Crippen LogP contribution in [0.4, 0.5) is 0 Å². The molecule has 88 valence electrons. The van der Waals surface area contributed by atoms with Crippen LogP contribution in [-0.4, -0.2) is 21.0 Å². The zero-order valence-electron chi connectivity index (χ0n) is 9.41. The topological polar surface area (TPSA) is 66.0 Å². The van der Waals surface area contributed by atoms with E-state index in [0.29, 0.717) is 5.82 Å². The van der Waals surface area contributed by atoms with Crippen molar-refractivity contribution in [1.29, 1.82) is 0 Å². The molecule has 1 aromatic carbocycles. The Bertz CT molecular complexity index is 567. The molecular weight excluding hydrogens is 284 g/mol. The minimum absolute atomic E-state index is 0.0956. The summed E-state index contributed by atoms with van der Waals surface area (Å²) in [6.45, 7) is 3.98. The number of hydrogen-bond donors (Lipinski definition) is 2. The van der Waals surface area contributed by atoms with Gasteiger partial charge in [0.15, 0.2) is 0 Å². The summed E-state index contributed by atoms with van der Waals surface area (Å²) in [5, 5.41) is 8.82. The highest BCUT2D eigenvalue weighted by atomic mass is 79.9. The van der Waals surface area contributed by atoms with Crippen LogP contribution in [0.25, 0.3) is 11.4 Å². The molecule has 0 unspecified atom stereocenters. The van der Waals surface area contributed by atoms with Crippen LogP contribution in [0.1, 0.15) is 21.6 Å². The lowest BCUT2D eigenvalue weighted by molar-refractivity contribution is 0.0691. The van der Waals surface area contributed by atoms with Crippen LogP contribution in [0.3, 0.4) is 0 Å². The van der Waals surface area contributed by atoms with Gasteiger partial charge in [-0.25, -0.2) is 9.78 Å². The van der Waals surface area contributed by atoms with Gasteiger partial charge in [0.25, 0.3) is 0 Å². The predicted molar refractivity (Wildman–Crippen MR) is 68.2 cm³/mol. The van der Waals surface area contributed by atoms with E-state index in [1.165, 1.54) is 6.20 Å². The number of nitrogens with zero attached hydrogens (tertiary/aromatic N) is 1. The maximum absolute atomic E-state index is 10.8. The number of aryl methyl sites for hydroxylation is 2. The summed E-state index contributed by atoms with van der Waals surface area (Å²) >= 11 is 3.49. The summed E-state index contributed by atoms with van der Waals surface area (Å²) in [5.41, 5.74) is 3.16. The highest BCUT2D eigenvalue weighted by Gasteiger charge is 2.10. The van der Waals surface area contributed by atoms with E-state index in [9.17, 15) is 4.79 Å². The van der Waals surface area contributed by atoms with E-state index in [1.807, 2.05) is 26.0 Å². The summed E-state index contributed by atoms with van der Waals surface area (Å²) in [6, 6.07) is 3.92. The Hall–Kier alpha value is -1.62. The molecule has 17 heavy (non-hydrogen) atoms. The van der Waals surface area contributed by atoms with E-state index < -0.39 is 5.97 Å². The van der Waals surface area contributed by atoms with Crippen LogP contribution in [0, 0.1) is 13.8 Å². The van der Waals surface area contributed by atoms with Crippen molar-refractivity contribution >= 4 is 21.9 Å². The highest BCUT2D eigenvalue weighted by molar-refractivity contribution is 9.10. The van der Waals surface area contributed by atoms with Gasteiger partial charge in [-0.2, -0.15) is 0 Å². The lowest BCUT2D eigenvalue weighted by Gasteiger charge is -2.05. The van der Waals surface area contributed by atoms with Crippen LogP contribution in [0.15, 0.2) is 22.8 Å². The van der Waals surface area contributed by atoms with Crippen LogP contribution < -0.4 is 0 Å². The average molecular weight is 295 g/mol. The zero-order valence-corrected chi connectivity index (χ0v) is 11.0. The molecule has 0 fully saturated rings. The molecule has 1 heterocycles. The molecule has 0 aliphatic carbocycles. The van der Waals surface area contributed by atoms with E-state index in [-0.39, 0.29) is 5.69 Å². The van der Waals surface area contributed by atoms with Crippen LogP contribution >= 0.6 is 15.9 Å². The van der Waals surface area contributed by atoms with E-state index in [2.05, 4.69) is 25.9 Å². The van der Waals surface area contributed by atoms with Gasteiger partial charge in [0.1, 0.15) is 11.5 Å². The van der Waals surface area contributed by atoms with Crippen molar-refractivity contribution in [2.24, 2.45) is 0 Å². The standard InChI is InChI=1S/C12H11BrN2O2/c1-6-3-8(4-7(2)10(6)13)11-14-5-9(15-11)12(16)17/h3-5H,1-2H3,(H,14,15)(H,16,17). The number of halogens is 1. The normalized spacial score (nSPS) is 10.5. The number of H-pyrrole nitrogens is 1.